The Kier molecular flexibility index (Phi) is 3.31. The maximum absolute atomic E-state index is 10.8. The Morgan fingerprint density at radius 2 is 1.84 bits per heavy atom. The molecule has 1 unspecified atom stereocenters. The van der Waals surface area contributed by atoms with Crippen LogP contribution in [0.4, 0.5) is 5.69 Å². The summed E-state index contributed by atoms with van der Waals surface area (Å²) in [6.07, 6.45) is 0.917. The van der Waals surface area contributed by atoms with Gasteiger partial charge in [-0.15, -0.1) is 0 Å². The van der Waals surface area contributed by atoms with E-state index in [0.717, 1.165) is 12.1 Å². The molecule has 0 bridgehead atoms. The number of carbonyl (C=O) groups is 1. The highest BCUT2D eigenvalue weighted by Crippen LogP contribution is 2.38. The second-order valence-electron chi connectivity index (χ2n) is 6.25. The smallest absolute Gasteiger partial charge is 0.335 e. The molecule has 1 aliphatic heterocycles. The normalized spacial score (nSPS) is 24.1. The zero-order valence-electron chi connectivity index (χ0n) is 11.9. The minimum absolute atomic E-state index is 0.137. The van der Waals surface area contributed by atoms with Crippen LogP contribution in [0, 0.1) is 0 Å². The average molecular weight is 263 g/mol. The van der Waals surface area contributed by atoms with Gasteiger partial charge in [-0.2, -0.15) is 0 Å². The summed E-state index contributed by atoms with van der Waals surface area (Å²) in [5.41, 5.74) is 0.842. The Morgan fingerprint density at radius 3 is 2.26 bits per heavy atom. The molecule has 0 radical (unpaired) electrons. The van der Waals surface area contributed by atoms with E-state index in [-0.39, 0.29) is 17.2 Å². The van der Waals surface area contributed by atoms with Crippen molar-refractivity contribution in [3.8, 4) is 0 Å². The lowest BCUT2D eigenvalue weighted by Gasteiger charge is -2.28. The summed E-state index contributed by atoms with van der Waals surface area (Å²) in [6.45, 7) is 8.32. The number of aromatic carboxylic acids is 1. The van der Waals surface area contributed by atoms with Crippen LogP contribution in [0.15, 0.2) is 24.3 Å². The van der Waals surface area contributed by atoms with Gasteiger partial charge in [-0.1, -0.05) is 0 Å². The summed E-state index contributed by atoms with van der Waals surface area (Å²) >= 11 is 0. The van der Waals surface area contributed by atoms with Crippen LogP contribution in [0.1, 0.15) is 44.5 Å². The maximum atomic E-state index is 10.8. The van der Waals surface area contributed by atoms with Crippen LogP contribution in [-0.2, 0) is 4.74 Å². The van der Waals surface area contributed by atoms with Gasteiger partial charge in [0.05, 0.1) is 22.8 Å². The molecule has 1 aromatic carbocycles. The molecule has 4 heteroatoms. The van der Waals surface area contributed by atoms with E-state index < -0.39 is 5.97 Å². The van der Waals surface area contributed by atoms with Gasteiger partial charge in [0.15, 0.2) is 0 Å². The van der Waals surface area contributed by atoms with E-state index in [2.05, 4.69) is 33.0 Å². The van der Waals surface area contributed by atoms with Crippen molar-refractivity contribution in [3.63, 3.8) is 0 Å². The van der Waals surface area contributed by atoms with Crippen LogP contribution in [0.2, 0.25) is 0 Å². The molecule has 0 aromatic heterocycles. The van der Waals surface area contributed by atoms with Crippen molar-refractivity contribution in [1.82, 2.24) is 0 Å². The van der Waals surface area contributed by atoms with Crippen LogP contribution >= 0.6 is 0 Å². The molecule has 0 amide bonds. The van der Waals surface area contributed by atoms with Crippen LogP contribution in [0.5, 0.6) is 0 Å². The minimum atomic E-state index is -0.905. The molecule has 104 valence electrons. The summed E-state index contributed by atoms with van der Waals surface area (Å²) in [5, 5.41) is 12.3. The molecule has 0 aliphatic carbocycles. The fraction of sp³-hybridized carbons (Fsp3) is 0.533. The van der Waals surface area contributed by atoms with Gasteiger partial charge >= 0.3 is 5.97 Å². The summed E-state index contributed by atoms with van der Waals surface area (Å²) in [5.74, 6) is -0.905. The number of carboxylic acids is 1. The van der Waals surface area contributed by atoms with Crippen molar-refractivity contribution < 1.29 is 14.6 Å². The quantitative estimate of drug-likeness (QED) is 0.879. The molecule has 2 N–H and O–H groups in total. The SMILES string of the molecule is CC1(C)CC(Nc2ccc(C(=O)O)cc2)C(C)(C)O1. The molecular formula is C15H21NO3. The number of benzene rings is 1. The van der Waals surface area contributed by atoms with E-state index in [4.69, 9.17) is 9.84 Å². The summed E-state index contributed by atoms with van der Waals surface area (Å²) in [4.78, 5) is 10.8. The Morgan fingerprint density at radius 1 is 1.26 bits per heavy atom. The van der Waals surface area contributed by atoms with Crippen molar-refractivity contribution in [2.75, 3.05) is 5.32 Å². The van der Waals surface area contributed by atoms with Crippen LogP contribution < -0.4 is 5.32 Å². The van der Waals surface area contributed by atoms with Crippen LogP contribution in [0.25, 0.3) is 0 Å². The number of ether oxygens (including phenoxy) is 1. The fourth-order valence-electron chi connectivity index (χ4n) is 2.70. The Balaban J connectivity index is 2.11. The van der Waals surface area contributed by atoms with E-state index in [1.54, 1.807) is 24.3 Å². The third-order valence-electron chi connectivity index (χ3n) is 3.55. The highest BCUT2D eigenvalue weighted by molar-refractivity contribution is 5.88. The molecule has 1 heterocycles. The number of hydrogen-bond acceptors (Lipinski definition) is 3. The molecule has 1 aromatic rings. The molecule has 0 spiro atoms. The molecule has 1 fully saturated rings. The zero-order valence-corrected chi connectivity index (χ0v) is 11.9. The van der Waals surface area contributed by atoms with E-state index in [1.807, 2.05) is 0 Å². The highest BCUT2D eigenvalue weighted by atomic mass is 16.5. The van der Waals surface area contributed by atoms with Crippen LogP contribution in [-0.4, -0.2) is 28.3 Å². The lowest BCUT2D eigenvalue weighted by molar-refractivity contribution is -0.0662. The monoisotopic (exact) mass is 263 g/mol. The van der Waals surface area contributed by atoms with Crippen molar-refractivity contribution in [2.45, 2.75) is 51.4 Å². The van der Waals surface area contributed by atoms with Gasteiger partial charge in [-0.3, -0.25) is 0 Å². The van der Waals surface area contributed by atoms with Gasteiger partial charge in [0, 0.05) is 5.69 Å². The standard InChI is InChI=1S/C15H21NO3/c1-14(2)9-12(15(3,4)19-14)16-11-7-5-10(6-8-11)13(17)18/h5-8,12,16H,9H2,1-4H3,(H,17,18). The molecule has 1 saturated heterocycles. The van der Waals surface area contributed by atoms with E-state index >= 15 is 0 Å². The predicted octanol–water partition coefficient (Wildman–Crippen LogP) is 3.14. The number of anilines is 1. The average Bonchev–Trinajstić information content (AvgIpc) is 2.47. The summed E-state index contributed by atoms with van der Waals surface area (Å²) in [7, 11) is 0. The fourth-order valence-corrected chi connectivity index (χ4v) is 2.70. The Labute approximate surface area is 113 Å². The third-order valence-corrected chi connectivity index (χ3v) is 3.55. The number of hydrogen-bond donors (Lipinski definition) is 2. The zero-order chi connectivity index (χ0) is 14.3. The van der Waals surface area contributed by atoms with Gasteiger partial charge < -0.3 is 15.2 Å². The predicted molar refractivity (Wildman–Crippen MR) is 74.7 cm³/mol. The second-order valence-corrected chi connectivity index (χ2v) is 6.25. The second kappa shape index (κ2) is 4.53. The van der Waals surface area contributed by atoms with Crippen molar-refractivity contribution >= 4 is 11.7 Å². The van der Waals surface area contributed by atoms with E-state index in [1.165, 1.54) is 0 Å². The van der Waals surface area contributed by atoms with Gasteiger partial charge in [-0.25, -0.2) is 4.79 Å². The highest BCUT2D eigenvalue weighted by Gasteiger charge is 2.45. The summed E-state index contributed by atoms with van der Waals surface area (Å²) in [6, 6.07) is 7.02. The van der Waals surface area contributed by atoms with Crippen LogP contribution in [0.3, 0.4) is 0 Å². The van der Waals surface area contributed by atoms with Gasteiger partial charge in [0.25, 0.3) is 0 Å². The number of rotatable bonds is 3. The van der Waals surface area contributed by atoms with Gasteiger partial charge in [0.1, 0.15) is 0 Å². The topological polar surface area (TPSA) is 58.6 Å². The first-order chi connectivity index (χ1) is 8.70. The Hall–Kier alpha value is -1.55. The maximum Gasteiger partial charge on any atom is 0.335 e. The first kappa shape index (κ1) is 13.9. The summed E-state index contributed by atoms with van der Waals surface area (Å²) < 4.78 is 6.03. The van der Waals surface area contributed by atoms with Crippen molar-refractivity contribution in [3.05, 3.63) is 29.8 Å². The third kappa shape index (κ3) is 3.07. The van der Waals surface area contributed by atoms with Gasteiger partial charge in [0.2, 0.25) is 0 Å². The molecule has 1 aliphatic rings. The molecule has 2 rings (SSSR count). The largest absolute Gasteiger partial charge is 0.478 e. The lowest BCUT2D eigenvalue weighted by Crippen LogP contribution is -2.38. The Bertz CT molecular complexity index is 477. The minimum Gasteiger partial charge on any atom is -0.478 e. The van der Waals surface area contributed by atoms with Crippen molar-refractivity contribution in [2.24, 2.45) is 0 Å². The number of nitrogens with one attached hydrogen (secondary N) is 1. The van der Waals surface area contributed by atoms with Gasteiger partial charge in [-0.05, 0) is 58.4 Å². The first-order valence-corrected chi connectivity index (χ1v) is 6.50. The van der Waals surface area contributed by atoms with E-state index in [0.29, 0.717) is 5.56 Å². The van der Waals surface area contributed by atoms with Crippen molar-refractivity contribution in [1.29, 1.82) is 0 Å². The van der Waals surface area contributed by atoms with E-state index in [9.17, 15) is 4.79 Å². The lowest BCUT2D eigenvalue weighted by atomic mass is 9.94. The first-order valence-electron chi connectivity index (χ1n) is 6.50. The number of carboxylic acid groups (broad SMARTS) is 1. The molecule has 4 nitrogen and oxygen atoms in total. The molecule has 19 heavy (non-hydrogen) atoms. The molecule has 0 saturated carbocycles. The molecule has 1 atom stereocenters. The molecular weight excluding hydrogens is 242 g/mol.